The van der Waals surface area contributed by atoms with Crippen molar-refractivity contribution < 1.29 is 14.1 Å². The van der Waals surface area contributed by atoms with Gasteiger partial charge >= 0.3 is 5.97 Å². The predicted octanol–water partition coefficient (Wildman–Crippen LogP) is 3.34. The molecule has 1 aliphatic carbocycles. The van der Waals surface area contributed by atoms with Gasteiger partial charge in [-0.15, -0.1) is 0 Å². The van der Waals surface area contributed by atoms with Gasteiger partial charge in [0.1, 0.15) is 11.0 Å². The molecule has 6 heteroatoms. The molecule has 0 saturated heterocycles. The Morgan fingerprint density at radius 2 is 2.05 bits per heavy atom. The number of carboxylic acids is 1. The fourth-order valence-electron chi connectivity index (χ4n) is 2.65. The number of hydrogen-bond donors (Lipinski definition) is 2. The summed E-state index contributed by atoms with van der Waals surface area (Å²) in [5, 5.41) is 9.55. The van der Waals surface area contributed by atoms with E-state index in [2.05, 4.69) is 4.72 Å². The molecular formula is C16H14ClNO3S. The van der Waals surface area contributed by atoms with Crippen molar-refractivity contribution in [3.8, 4) is 0 Å². The van der Waals surface area contributed by atoms with Crippen molar-refractivity contribution in [3.63, 3.8) is 0 Å². The van der Waals surface area contributed by atoms with Gasteiger partial charge in [0.25, 0.3) is 0 Å². The van der Waals surface area contributed by atoms with Crippen LogP contribution >= 0.6 is 11.6 Å². The van der Waals surface area contributed by atoms with Crippen molar-refractivity contribution in [2.45, 2.75) is 23.8 Å². The molecule has 0 amide bonds. The highest BCUT2D eigenvalue weighted by atomic mass is 35.5. The van der Waals surface area contributed by atoms with E-state index in [0.29, 0.717) is 9.92 Å². The summed E-state index contributed by atoms with van der Waals surface area (Å²) in [5.41, 5.74) is 2.25. The summed E-state index contributed by atoms with van der Waals surface area (Å²) < 4.78 is 15.5. The van der Waals surface area contributed by atoms with Crippen LogP contribution in [0.2, 0.25) is 5.02 Å². The number of nitrogens with one attached hydrogen (secondary N) is 1. The van der Waals surface area contributed by atoms with Crippen LogP contribution in [0, 0.1) is 0 Å². The zero-order valence-electron chi connectivity index (χ0n) is 11.6. The standard InChI is InChI=1S/C16H14ClNO3S/c17-13-3-1-2-4-15(13)22(21)18-14-8-7-10-5-6-11(16(19)20)9-12(10)14/h1-6,9,14,18H,7-8H2,(H,19,20). The van der Waals surface area contributed by atoms with E-state index in [9.17, 15) is 9.00 Å². The van der Waals surface area contributed by atoms with Gasteiger partial charge in [-0.25, -0.2) is 13.7 Å². The first-order chi connectivity index (χ1) is 10.6. The van der Waals surface area contributed by atoms with Gasteiger partial charge in [-0.1, -0.05) is 29.8 Å². The second-order valence-corrected chi connectivity index (χ2v) is 6.75. The minimum atomic E-state index is -1.44. The van der Waals surface area contributed by atoms with Crippen molar-refractivity contribution in [2.24, 2.45) is 0 Å². The number of benzene rings is 2. The lowest BCUT2D eigenvalue weighted by Crippen LogP contribution is -2.22. The van der Waals surface area contributed by atoms with Crippen LogP contribution in [-0.4, -0.2) is 15.3 Å². The molecule has 2 aromatic rings. The SMILES string of the molecule is O=C(O)c1ccc2c(c1)C(NS(=O)c1ccccc1Cl)CC2. The Bertz CT molecular complexity index is 763. The van der Waals surface area contributed by atoms with Gasteiger partial charge in [0.15, 0.2) is 0 Å². The number of carboxylic acid groups (broad SMARTS) is 1. The molecule has 0 heterocycles. The predicted molar refractivity (Wildman–Crippen MR) is 85.5 cm³/mol. The summed E-state index contributed by atoms with van der Waals surface area (Å²) in [5.74, 6) is -0.958. The third-order valence-corrected chi connectivity index (χ3v) is 5.45. The molecule has 4 nitrogen and oxygen atoms in total. The molecule has 2 atom stereocenters. The van der Waals surface area contributed by atoms with E-state index >= 15 is 0 Å². The molecule has 0 aliphatic heterocycles. The molecule has 2 N–H and O–H groups in total. The van der Waals surface area contributed by atoms with Gasteiger partial charge < -0.3 is 5.11 Å². The Balaban J connectivity index is 1.84. The minimum absolute atomic E-state index is 0.133. The molecule has 0 fully saturated rings. The summed E-state index contributed by atoms with van der Waals surface area (Å²) in [4.78, 5) is 11.6. The molecule has 1 aliphatic rings. The second-order valence-electron chi connectivity index (χ2n) is 5.13. The lowest BCUT2D eigenvalue weighted by atomic mass is 10.0. The maximum Gasteiger partial charge on any atom is 0.335 e. The number of aryl methyl sites for hydroxylation is 1. The van der Waals surface area contributed by atoms with Crippen LogP contribution in [0.4, 0.5) is 0 Å². The van der Waals surface area contributed by atoms with Gasteiger partial charge in [0.2, 0.25) is 0 Å². The summed E-state index contributed by atoms with van der Waals surface area (Å²) in [7, 11) is -1.44. The number of halogens is 1. The lowest BCUT2D eigenvalue weighted by molar-refractivity contribution is 0.0696. The molecule has 2 aromatic carbocycles. The third kappa shape index (κ3) is 2.92. The lowest BCUT2D eigenvalue weighted by Gasteiger charge is -2.14. The van der Waals surface area contributed by atoms with Gasteiger partial charge in [0.05, 0.1) is 15.5 Å². The zero-order valence-corrected chi connectivity index (χ0v) is 13.2. The van der Waals surface area contributed by atoms with Crippen LogP contribution in [0.5, 0.6) is 0 Å². The first kappa shape index (κ1) is 15.2. The molecule has 0 bridgehead atoms. The monoisotopic (exact) mass is 335 g/mol. The van der Waals surface area contributed by atoms with E-state index in [1.807, 2.05) is 6.07 Å². The van der Waals surface area contributed by atoms with Crippen molar-refractivity contribution in [1.82, 2.24) is 4.72 Å². The molecule has 0 radical (unpaired) electrons. The molecule has 0 aromatic heterocycles. The largest absolute Gasteiger partial charge is 0.478 e. The fourth-order valence-corrected chi connectivity index (χ4v) is 4.07. The van der Waals surface area contributed by atoms with Crippen LogP contribution in [0.25, 0.3) is 0 Å². The molecule has 3 rings (SSSR count). The first-order valence-corrected chi connectivity index (χ1v) is 8.37. The Morgan fingerprint density at radius 3 is 2.77 bits per heavy atom. The molecule has 0 saturated carbocycles. The van der Waals surface area contributed by atoms with Gasteiger partial charge in [-0.05, 0) is 48.2 Å². The number of rotatable bonds is 4. The van der Waals surface area contributed by atoms with Crippen LogP contribution in [0.1, 0.15) is 33.9 Å². The molecule has 0 spiro atoms. The van der Waals surface area contributed by atoms with E-state index in [1.54, 1.807) is 36.4 Å². The second kappa shape index (κ2) is 6.20. The van der Waals surface area contributed by atoms with Gasteiger partial charge in [-0.2, -0.15) is 0 Å². The van der Waals surface area contributed by atoms with Crippen LogP contribution in [0.3, 0.4) is 0 Å². The average molecular weight is 336 g/mol. The van der Waals surface area contributed by atoms with Gasteiger partial charge in [0, 0.05) is 6.04 Å². The van der Waals surface area contributed by atoms with Crippen LogP contribution in [0.15, 0.2) is 47.4 Å². The molecule has 114 valence electrons. The Kier molecular flexibility index (Phi) is 4.29. The molecular weight excluding hydrogens is 322 g/mol. The average Bonchev–Trinajstić information content (AvgIpc) is 2.90. The maximum absolute atomic E-state index is 12.4. The minimum Gasteiger partial charge on any atom is -0.478 e. The molecule has 22 heavy (non-hydrogen) atoms. The van der Waals surface area contributed by atoms with E-state index in [4.69, 9.17) is 16.7 Å². The summed E-state index contributed by atoms with van der Waals surface area (Å²) in [6.07, 6.45) is 1.63. The van der Waals surface area contributed by atoms with Crippen molar-refractivity contribution in [2.75, 3.05) is 0 Å². The van der Waals surface area contributed by atoms with Crippen molar-refractivity contribution in [3.05, 3.63) is 64.2 Å². The fraction of sp³-hybridized carbons (Fsp3) is 0.188. The first-order valence-electron chi connectivity index (χ1n) is 6.85. The van der Waals surface area contributed by atoms with Crippen LogP contribution < -0.4 is 4.72 Å². The quantitative estimate of drug-likeness (QED) is 0.900. The number of hydrogen-bond acceptors (Lipinski definition) is 2. The zero-order chi connectivity index (χ0) is 15.7. The van der Waals surface area contributed by atoms with Crippen LogP contribution in [-0.2, 0) is 17.4 Å². The van der Waals surface area contributed by atoms with Crippen molar-refractivity contribution >= 4 is 28.6 Å². The summed E-state index contributed by atoms with van der Waals surface area (Å²) >= 11 is 6.06. The third-order valence-electron chi connectivity index (χ3n) is 3.76. The number of carbonyl (C=O) groups is 1. The van der Waals surface area contributed by atoms with E-state index in [1.165, 1.54) is 0 Å². The normalized spacial score (nSPS) is 18.0. The van der Waals surface area contributed by atoms with E-state index in [-0.39, 0.29) is 11.6 Å². The number of fused-ring (bicyclic) bond motifs is 1. The highest BCUT2D eigenvalue weighted by Gasteiger charge is 2.25. The Morgan fingerprint density at radius 1 is 1.27 bits per heavy atom. The summed E-state index contributed by atoms with van der Waals surface area (Å²) in [6, 6.07) is 11.9. The van der Waals surface area contributed by atoms with Gasteiger partial charge in [-0.3, -0.25) is 0 Å². The Hall–Kier alpha value is -1.69. The highest BCUT2D eigenvalue weighted by Crippen LogP contribution is 2.33. The van der Waals surface area contributed by atoms with Crippen molar-refractivity contribution in [1.29, 1.82) is 0 Å². The number of aromatic carboxylic acids is 1. The van der Waals surface area contributed by atoms with E-state index in [0.717, 1.165) is 24.0 Å². The summed E-state index contributed by atoms with van der Waals surface area (Å²) in [6.45, 7) is 0. The molecule has 2 unspecified atom stereocenters. The van der Waals surface area contributed by atoms with E-state index < -0.39 is 17.0 Å². The topological polar surface area (TPSA) is 66.4 Å². The Labute approximate surface area is 135 Å². The maximum atomic E-state index is 12.4. The smallest absolute Gasteiger partial charge is 0.335 e. The highest BCUT2D eigenvalue weighted by molar-refractivity contribution is 7.83.